The van der Waals surface area contributed by atoms with E-state index in [4.69, 9.17) is 5.73 Å². The van der Waals surface area contributed by atoms with Gasteiger partial charge in [-0.3, -0.25) is 10.00 Å². The summed E-state index contributed by atoms with van der Waals surface area (Å²) in [7, 11) is 0. The highest BCUT2D eigenvalue weighted by Crippen LogP contribution is 2.20. The summed E-state index contributed by atoms with van der Waals surface area (Å²) >= 11 is 0. The minimum absolute atomic E-state index is 0.680. The van der Waals surface area contributed by atoms with Crippen LogP contribution in [0, 0.1) is 0 Å². The first-order valence-electron chi connectivity index (χ1n) is 5.57. The fourth-order valence-electron chi connectivity index (χ4n) is 2.07. The molecule has 1 aliphatic rings. The van der Waals surface area contributed by atoms with Gasteiger partial charge in [0.2, 0.25) is 0 Å². The summed E-state index contributed by atoms with van der Waals surface area (Å²) in [6, 6.07) is 0. The lowest BCUT2D eigenvalue weighted by atomic mass is 10.3. The number of H-pyrrole nitrogens is 1. The molecule has 5 nitrogen and oxygen atoms in total. The van der Waals surface area contributed by atoms with Crippen LogP contribution in [0.5, 0.6) is 0 Å². The van der Waals surface area contributed by atoms with Crippen molar-refractivity contribution in [2.45, 2.75) is 13.3 Å². The predicted molar refractivity (Wildman–Crippen MR) is 61.9 cm³/mol. The van der Waals surface area contributed by atoms with Crippen molar-refractivity contribution in [2.75, 3.05) is 43.4 Å². The topological polar surface area (TPSA) is 61.2 Å². The van der Waals surface area contributed by atoms with E-state index in [9.17, 15) is 0 Å². The van der Waals surface area contributed by atoms with Gasteiger partial charge < -0.3 is 10.6 Å². The van der Waals surface area contributed by atoms with E-state index in [1.165, 1.54) is 13.0 Å². The van der Waals surface area contributed by atoms with Crippen LogP contribution in [0.15, 0.2) is 6.20 Å². The van der Waals surface area contributed by atoms with Gasteiger partial charge >= 0.3 is 0 Å². The summed E-state index contributed by atoms with van der Waals surface area (Å²) in [5.41, 5.74) is 6.84. The minimum atomic E-state index is 0.680. The monoisotopic (exact) mass is 209 g/mol. The highest BCUT2D eigenvalue weighted by molar-refractivity contribution is 5.62. The van der Waals surface area contributed by atoms with Crippen LogP contribution in [-0.2, 0) is 0 Å². The Morgan fingerprint density at radius 2 is 2.13 bits per heavy atom. The van der Waals surface area contributed by atoms with Gasteiger partial charge in [0.1, 0.15) is 5.82 Å². The number of anilines is 2. The molecule has 1 aromatic heterocycles. The molecule has 2 rings (SSSR count). The van der Waals surface area contributed by atoms with Crippen molar-refractivity contribution in [1.29, 1.82) is 0 Å². The molecule has 0 aliphatic carbocycles. The van der Waals surface area contributed by atoms with E-state index >= 15 is 0 Å². The van der Waals surface area contributed by atoms with Gasteiger partial charge in [0.05, 0.1) is 11.9 Å². The Labute approximate surface area is 90.2 Å². The molecule has 0 spiro atoms. The molecule has 1 saturated heterocycles. The molecular weight excluding hydrogens is 190 g/mol. The van der Waals surface area contributed by atoms with Crippen molar-refractivity contribution < 1.29 is 0 Å². The van der Waals surface area contributed by atoms with Gasteiger partial charge in [-0.25, -0.2) is 0 Å². The lowest BCUT2D eigenvalue weighted by molar-refractivity contribution is 0.258. The van der Waals surface area contributed by atoms with Crippen LogP contribution in [0.4, 0.5) is 11.5 Å². The normalized spacial score (nSPS) is 18.3. The average Bonchev–Trinajstić information content (AvgIpc) is 2.66. The van der Waals surface area contributed by atoms with Gasteiger partial charge in [0, 0.05) is 26.2 Å². The van der Waals surface area contributed by atoms with Crippen LogP contribution < -0.4 is 10.6 Å². The van der Waals surface area contributed by atoms with Crippen LogP contribution in [0.2, 0.25) is 0 Å². The van der Waals surface area contributed by atoms with Gasteiger partial charge in [-0.1, -0.05) is 6.92 Å². The molecule has 1 aliphatic heterocycles. The number of nitrogens with two attached hydrogens (primary N) is 1. The lowest BCUT2D eigenvalue weighted by Gasteiger charge is -2.35. The molecule has 1 fully saturated rings. The number of hydrogen-bond acceptors (Lipinski definition) is 4. The maximum atomic E-state index is 5.79. The van der Waals surface area contributed by atoms with E-state index in [-0.39, 0.29) is 0 Å². The summed E-state index contributed by atoms with van der Waals surface area (Å²) in [5.74, 6) is 0.680. The zero-order chi connectivity index (χ0) is 10.7. The molecule has 0 unspecified atom stereocenters. The molecule has 5 heteroatoms. The Kier molecular flexibility index (Phi) is 3.11. The first-order chi connectivity index (χ1) is 7.31. The Morgan fingerprint density at radius 3 is 2.67 bits per heavy atom. The predicted octanol–water partition coefficient (Wildman–Crippen LogP) is 0.524. The van der Waals surface area contributed by atoms with Gasteiger partial charge in [0.15, 0.2) is 0 Å². The number of rotatable bonds is 3. The summed E-state index contributed by atoms with van der Waals surface area (Å²) in [5, 5.41) is 6.72. The van der Waals surface area contributed by atoms with E-state index in [2.05, 4.69) is 26.9 Å². The smallest absolute Gasteiger partial charge is 0.142 e. The molecule has 2 heterocycles. The van der Waals surface area contributed by atoms with Crippen LogP contribution in [-0.4, -0.2) is 47.8 Å². The SMILES string of the molecule is CCCN1CCN(c2cn[nH]c2N)CC1. The van der Waals surface area contributed by atoms with E-state index in [0.717, 1.165) is 31.9 Å². The molecule has 0 amide bonds. The molecule has 0 atom stereocenters. The second-order valence-electron chi connectivity index (χ2n) is 4.00. The maximum absolute atomic E-state index is 5.79. The maximum Gasteiger partial charge on any atom is 0.142 e. The molecule has 15 heavy (non-hydrogen) atoms. The third-order valence-corrected chi connectivity index (χ3v) is 2.90. The Hall–Kier alpha value is -1.23. The van der Waals surface area contributed by atoms with Crippen molar-refractivity contribution in [1.82, 2.24) is 15.1 Å². The van der Waals surface area contributed by atoms with Crippen molar-refractivity contribution in [3.05, 3.63) is 6.20 Å². The van der Waals surface area contributed by atoms with Crippen LogP contribution in [0.1, 0.15) is 13.3 Å². The number of piperazine rings is 1. The molecule has 84 valence electrons. The third-order valence-electron chi connectivity index (χ3n) is 2.90. The van der Waals surface area contributed by atoms with Crippen LogP contribution in [0.25, 0.3) is 0 Å². The van der Waals surface area contributed by atoms with E-state index in [1.807, 2.05) is 6.20 Å². The second kappa shape index (κ2) is 4.53. The fourth-order valence-corrected chi connectivity index (χ4v) is 2.07. The molecule has 0 bridgehead atoms. The highest BCUT2D eigenvalue weighted by atomic mass is 15.3. The zero-order valence-corrected chi connectivity index (χ0v) is 9.24. The zero-order valence-electron chi connectivity index (χ0n) is 9.24. The van der Waals surface area contributed by atoms with Crippen LogP contribution >= 0.6 is 0 Å². The average molecular weight is 209 g/mol. The number of aromatic amines is 1. The number of nitrogen functional groups attached to an aromatic ring is 1. The largest absolute Gasteiger partial charge is 0.382 e. The number of hydrogen-bond donors (Lipinski definition) is 2. The first kappa shape index (κ1) is 10.3. The van der Waals surface area contributed by atoms with Crippen molar-refractivity contribution in [3.63, 3.8) is 0 Å². The molecule has 0 aromatic carbocycles. The summed E-state index contributed by atoms with van der Waals surface area (Å²) in [6.45, 7) is 7.76. The number of nitrogens with one attached hydrogen (secondary N) is 1. The van der Waals surface area contributed by atoms with Gasteiger partial charge in [-0.15, -0.1) is 0 Å². The molecular formula is C10H19N5. The van der Waals surface area contributed by atoms with E-state index in [0.29, 0.717) is 5.82 Å². The molecule has 1 aromatic rings. The quantitative estimate of drug-likeness (QED) is 0.762. The van der Waals surface area contributed by atoms with Crippen LogP contribution in [0.3, 0.4) is 0 Å². The van der Waals surface area contributed by atoms with Gasteiger partial charge in [0.25, 0.3) is 0 Å². The summed E-state index contributed by atoms with van der Waals surface area (Å²) in [6.07, 6.45) is 3.04. The Balaban J connectivity index is 1.91. The van der Waals surface area contributed by atoms with E-state index < -0.39 is 0 Å². The lowest BCUT2D eigenvalue weighted by Crippen LogP contribution is -2.46. The number of nitrogens with zero attached hydrogens (tertiary/aromatic N) is 3. The van der Waals surface area contributed by atoms with Crippen molar-refractivity contribution in [2.24, 2.45) is 0 Å². The fraction of sp³-hybridized carbons (Fsp3) is 0.700. The molecule has 0 saturated carbocycles. The van der Waals surface area contributed by atoms with Gasteiger partial charge in [-0.2, -0.15) is 5.10 Å². The Bertz CT molecular complexity index is 301. The van der Waals surface area contributed by atoms with Crippen molar-refractivity contribution in [3.8, 4) is 0 Å². The second-order valence-corrected chi connectivity index (χ2v) is 4.00. The molecule has 0 radical (unpaired) electrons. The first-order valence-corrected chi connectivity index (χ1v) is 5.57. The number of aromatic nitrogens is 2. The van der Waals surface area contributed by atoms with Crippen molar-refractivity contribution >= 4 is 11.5 Å². The summed E-state index contributed by atoms with van der Waals surface area (Å²) in [4.78, 5) is 4.79. The molecule has 3 N–H and O–H groups in total. The van der Waals surface area contributed by atoms with E-state index in [1.54, 1.807) is 0 Å². The summed E-state index contributed by atoms with van der Waals surface area (Å²) < 4.78 is 0. The van der Waals surface area contributed by atoms with Gasteiger partial charge in [-0.05, 0) is 13.0 Å². The highest BCUT2D eigenvalue weighted by Gasteiger charge is 2.18. The standard InChI is InChI=1S/C10H19N5/c1-2-3-14-4-6-15(7-5-14)9-8-12-13-10(9)11/h8H,2-7H2,1H3,(H3,11,12,13). The minimum Gasteiger partial charge on any atom is -0.382 e. The Morgan fingerprint density at radius 1 is 1.40 bits per heavy atom. The third kappa shape index (κ3) is 2.23.